The molecule has 2 aliphatic rings. The second kappa shape index (κ2) is 14.2. The number of piperidine rings is 1. The van der Waals surface area contributed by atoms with Crippen LogP contribution in [0.5, 0.6) is 0 Å². The zero-order valence-corrected chi connectivity index (χ0v) is 25.7. The van der Waals surface area contributed by atoms with Crippen LogP contribution in [0.3, 0.4) is 0 Å². The number of nitrogens with one attached hydrogen (secondary N) is 2. The number of benzene rings is 1. The van der Waals surface area contributed by atoms with Gasteiger partial charge in [-0.2, -0.15) is 18.4 Å². The standard InChI is InChI=1S/C27H35ClF3N9O3S/c1-2-20-17-39(13-14-40(20)21-7-11-38(12-8-21)16-19-5-3-18(15-32)4-6-19)25-23(28)36-22(24(33)37-25)26(41)34-9-10-35-44(42,43)27(29,30)31/h3-6,20-21,35H,2,7-14,16-17H2,1H3,(H2,33,37)(H,34,41)/t20-/m0/s1. The van der Waals surface area contributed by atoms with Crippen LogP contribution in [0.1, 0.15) is 47.8 Å². The average Bonchev–Trinajstić information content (AvgIpc) is 3.00. The maximum Gasteiger partial charge on any atom is 0.511 e. The normalized spacial score (nSPS) is 19.1. The Labute approximate surface area is 259 Å². The van der Waals surface area contributed by atoms with E-state index in [9.17, 15) is 26.4 Å². The van der Waals surface area contributed by atoms with Crippen LogP contribution in [-0.4, -0.2) is 97.5 Å². The van der Waals surface area contributed by atoms with Crippen molar-refractivity contribution in [3.05, 3.63) is 46.2 Å². The third-order valence-corrected chi connectivity index (χ3v) is 9.35. The van der Waals surface area contributed by atoms with Crippen LogP contribution < -0.4 is 20.7 Å². The number of likely N-dealkylation sites (tertiary alicyclic amines) is 1. The SMILES string of the molecule is CC[C@H]1CN(c2nc(N)c(C(=O)NCCNS(=O)(=O)C(F)(F)F)nc2Cl)CCN1C1CCN(Cc2ccc(C#N)cc2)CC1. The van der Waals surface area contributed by atoms with Crippen molar-refractivity contribution in [1.29, 1.82) is 5.26 Å². The zero-order chi connectivity index (χ0) is 32.1. The molecule has 2 aliphatic heterocycles. The molecular formula is C27H35ClF3N9O3S. The van der Waals surface area contributed by atoms with Crippen molar-refractivity contribution in [3.63, 3.8) is 0 Å². The summed E-state index contributed by atoms with van der Waals surface area (Å²) in [4.78, 5) is 27.9. The predicted molar refractivity (Wildman–Crippen MR) is 159 cm³/mol. The first-order valence-corrected chi connectivity index (χ1v) is 16.1. The highest BCUT2D eigenvalue weighted by Crippen LogP contribution is 2.30. The molecule has 1 atom stereocenters. The maximum absolute atomic E-state index is 12.5. The molecule has 0 unspecified atom stereocenters. The topological polar surface area (TPSA) is 161 Å². The van der Waals surface area contributed by atoms with Gasteiger partial charge < -0.3 is 16.0 Å². The van der Waals surface area contributed by atoms with Crippen molar-refractivity contribution in [2.45, 2.75) is 50.3 Å². The van der Waals surface area contributed by atoms with E-state index in [1.54, 1.807) is 0 Å². The highest BCUT2D eigenvalue weighted by molar-refractivity contribution is 7.90. The molecule has 2 fully saturated rings. The number of nitrogen functional groups attached to an aromatic ring is 1. The Morgan fingerprint density at radius 3 is 2.43 bits per heavy atom. The summed E-state index contributed by atoms with van der Waals surface area (Å²) in [5.41, 5.74) is 2.10. The summed E-state index contributed by atoms with van der Waals surface area (Å²) in [6.07, 6.45) is 2.99. The molecule has 44 heavy (non-hydrogen) atoms. The lowest BCUT2D eigenvalue weighted by Gasteiger charge is -2.47. The van der Waals surface area contributed by atoms with Gasteiger partial charge in [0.25, 0.3) is 5.91 Å². The Bertz CT molecular complexity index is 1460. The number of nitriles is 1. The van der Waals surface area contributed by atoms with Crippen LogP contribution in [0.25, 0.3) is 0 Å². The molecule has 4 rings (SSSR count). The van der Waals surface area contributed by atoms with E-state index < -0.39 is 34.5 Å². The van der Waals surface area contributed by atoms with Gasteiger partial charge in [-0.25, -0.2) is 23.1 Å². The number of carbonyl (C=O) groups is 1. The number of carbonyl (C=O) groups excluding carboxylic acids is 1. The summed E-state index contributed by atoms with van der Waals surface area (Å²) in [6.45, 7) is 5.86. The molecule has 12 nitrogen and oxygen atoms in total. The van der Waals surface area contributed by atoms with E-state index in [-0.39, 0.29) is 22.7 Å². The fraction of sp³-hybridized carbons (Fsp3) is 0.556. The molecule has 240 valence electrons. The second-order valence-corrected chi connectivity index (χ2v) is 12.8. The molecule has 4 N–H and O–H groups in total. The molecule has 1 amide bonds. The highest BCUT2D eigenvalue weighted by Gasteiger charge is 2.45. The summed E-state index contributed by atoms with van der Waals surface area (Å²) < 4.78 is 60.8. The van der Waals surface area contributed by atoms with Gasteiger partial charge in [-0.1, -0.05) is 30.7 Å². The van der Waals surface area contributed by atoms with Crippen LogP contribution in [0.4, 0.5) is 24.8 Å². The first kappa shape index (κ1) is 33.7. The highest BCUT2D eigenvalue weighted by atomic mass is 35.5. The number of hydrogen-bond donors (Lipinski definition) is 3. The number of piperazine rings is 1. The number of nitrogens with two attached hydrogens (primary N) is 1. The minimum absolute atomic E-state index is 0.0402. The van der Waals surface area contributed by atoms with Crippen LogP contribution in [-0.2, 0) is 16.6 Å². The van der Waals surface area contributed by atoms with Gasteiger partial charge in [0.2, 0.25) is 0 Å². The van der Waals surface area contributed by atoms with E-state index in [1.165, 1.54) is 10.3 Å². The Morgan fingerprint density at radius 2 is 1.82 bits per heavy atom. The minimum atomic E-state index is -5.52. The number of alkyl halides is 3. The number of rotatable bonds is 10. The van der Waals surface area contributed by atoms with E-state index in [1.807, 2.05) is 29.2 Å². The van der Waals surface area contributed by atoms with E-state index in [0.717, 1.165) is 45.4 Å². The van der Waals surface area contributed by atoms with E-state index in [2.05, 4.69) is 38.1 Å². The van der Waals surface area contributed by atoms with Gasteiger partial charge in [0, 0.05) is 51.4 Å². The molecule has 2 aromatic rings. The summed E-state index contributed by atoms with van der Waals surface area (Å²) in [7, 11) is -5.52. The van der Waals surface area contributed by atoms with Gasteiger partial charge in [0.15, 0.2) is 22.5 Å². The molecule has 1 aromatic carbocycles. The van der Waals surface area contributed by atoms with Gasteiger partial charge in [0.05, 0.1) is 11.6 Å². The lowest BCUT2D eigenvalue weighted by atomic mass is 9.97. The molecule has 17 heteroatoms. The minimum Gasteiger partial charge on any atom is -0.382 e. The average molecular weight is 658 g/mol. The molecule has 0 aliphatic carbocycles. The molecule has 0 radical (unpaired) electrons. The Kier molecular flexibility index (Phi) is 10.9. The number of amides is 1. The number of hydrogen-bond acceptors (Lipinski definition) is 10. The predicted octanol–water partition coefficient (Wildman–Crippen LogP) is 2.32. The molecule has 2 saturated heterocycles. The first-order chi connectivity index (χ1) is 20.8. The van der Waals surface area contributed by atoms with Crippen molar-refractivity contribution in [2.75, 3.05) is 56.4 Å². The molecule has 0 spiro atoms. The Balaban J connectivity index is 1.30. The summed E-state index contributed by atoms with van der Waals surface area (Å²) in [6, 6.07) is 10.5. The van der Waals surface area contributed by atoms with Gasteiger partial charge >= 0.3 is 15.5 Å². The van der Waals surface area contributed by atoms with Crippen LogP contribution in [0.15, 0.2) is 24.3 Å². The summed E-state index contributed by atoms with van der Waals surface area (Å²) in [5.74, 6) is -0.715. The van der Waals surface area contributed by atoms with Gasteiger partial charge in [0.1, 0.15) is 0 Å². The van der Waals surface area contributed by atoms with E-state index in [4.69, 9.17) is 22.6 Å². The monoisotopic (exact) mass is 657 g/mol. The van der Waals surface area contributed by atoms with Crippen molar-refractivity contribution in [2.24, 2.45) is 0 Å². The number of nitrogens with zero attached hydrogens (tertiary/aromatic N) is 6. The Morgan fingerprint density at radius 1 is 1.14 bits per heavy atom. The van der Waals surface area contributed by atoms with Crippen LogP contribution in [0.2, 0.25) is 5.15 Å². The number of anilines is 2. The number of sulfonamides is 1. The van der Waals surface area contributed by atoms with Crippen molar-refractivity contribution >= 4 is 39.2 Å². The second-order valence-electron chi connectivity index (χ2n) is 10.7. The van der Waals surface area contributed by atoms with E-state index >= 15 is 0 Å². The number of halogens is 4. The van der Waals surface area contributed by atoms with Gasteiger partial charge in [-0.3, -0.25) is 14.6 Å². The molecule has 1 aromatic heterocycles. The lowest BCUT2D eigenvalue weighted by Crippen LogP contribution is -2.58. The maximum atomic E-state index is 12.5. The van der Waals surface area contributed by atoms with Crippen LogP contribution in [0, 0.1) is 11.3 Å². The van der Waals surface area contributed by atoms with Crippen molar-refractivity contribution in [1.82, 2.24) is 29.8 Å². The van der Waals surface area contributed by atoms with Crippen LogP contribution >= 0.6 is 11.6 Å². The van der Waals surface area contributed by atoms with Crippen molar-refractivity contribution in [3.8, 4) is 6.07 Å². The zero-order valence-electron chi connectivity index (χ0n) is 24.1. The molecule has 0 bridgehead atoms. The van der Waals surface area contributed by atoms with E-state index in [0.29, 0.717) is 30.5 Å². The first-order valence-electron chi connectivity index (χ1n) is 14.2. The third-order valence-electron chi connectivity index (χ3n) is 7.90. The van der Waals surface area contributed by atoms with Crippen molar-refractivity contribution < 1.29 is 26.4 Å². The fourth-order valence-corrected chi connectivity index (χ4v) is 6.35. The largest absolute Gasteiger partial charge is 0.511 e. The quantitative estimate of drug-likeness (QED) is 0.324. The summed E-state index contributed by atoms with van der Waals surface area (Å²) >= 11 is 6.42. The Hall–Kier alpha value is -3.23. The lowest BCUT2D eigenvalue weighted by molar-refractivity contribution is -0.0447. The summed E-state index contributed by atoms with van der Waals surface area (Å²) in [5, 5.41) is 11.2. The third kappa shape index (κ3) is 8.07. The van der Waals surface area contributed by atoms with Gasteiger partial charge in [-0.15, -0.1) is 0 Å². The molecular weight excluding hydrogens is 623 g/mol. The number of aromatic nitrogens is 2. The smallest absolute Gasteiger partial charge is 0.382 e. The molecule has 0 saturated carbocycles. The fourth-order valence-electron chi connectivity index (χ4n) is 5.57. The molecule has 3 heterocycles. The van der Waals surface area contributed by atoms with Gasteiger partial charge in [-0.05, 0) is 50.0 Å².